The molecule has 2 rings (SSSR count). The van der Waals surface area contributed by atoms with Gasteiger partial charge in [-0.25, -0.2) is 4.39 Å². The highest BCUT2D eigenvalue weighted by atomic mass is 19.1. The SMILES string of the molecule is COc1cccc([C@H](C)NC(=O)c2ccccc2F)c1. The van der Waals surface area contributed by atoms with Crippen molar-refractivity contribution in [2.75, 3.05) is 7.11 Å². The van der Waals surface area contributed by atoms with Gasteiger partial charge in [0.05, 0.1) is 18.7 Å². The van der Waals surface area contributed by atoms with Crippen LogP contribution < -0.4 is 10.1 Å². The summed E-state index contributed by atoms with van der Waals surface area (Å²) in [6.45, 7) is 1.84. The van der Waals surface area contributed by atoms with Crippen LogP contribution in [0.5, 0.6) is 5.75 Å². The van der Waals surface area contributed by atoms with Gasteiger partial charge in [-0.2, -0.15) is 0 Å². The van der Waals surface area contributed by atoms with Crippen LogP contribution >= 0.6 is 0 Å². The Hall–Kier alpha value is -2.36. The molecule has 0 radical (unpaired) electrons. The molecule has 0 aliphatic carbocycles. The van der Waals surface area contributed by atoms with Gasteiger partial charge in [-0.05, 0) is 36.8 Å². The minimum Gasteiger partial charge on any atom is -0.497 e. The van der Waals surface area contributed by atoms with E-state index in [0.717, 1.165) is 11.3 Å². The van der Waals surface area contributed by atoms with E-state index < -0.39 is 11.7 Å². The Labute approximate surface area is 117 Å². The van der Waals surface area contributed by atoms with Crippen molar-refractivity contribution in [2.45, 2.75) is 13.0 Å². The minimum atomic E-state index is -0.525. The number of hydrogen-bond acceptors (Lipinski definition) is 2. The molecule has 2 aromatic rings. The second-order valence-corrected chi connectivity index (χ2v) is 4.45. The van der Waals surface area contributed by atoms with Crippen LogP contribution in [-0.2, 0) is 0 Å². The monoisotopic (exact) mass is 273 g/mol. The Bertz CT molecular complexity index is 613. The molecule has 1 N–H and O–H groups in total. The normalized spacial score (nSPS) is 11.8. The van der Waals surface area contributed by atoms with Crippen molar-refractivity contribution in [3.63, 3.8) is 0 Å². The molecule has 0 aromatic heterocycles. The Morgan fingerprint density at radius 3 is 2.65 bits per heavy atom. The molecule has 0 aliphatic heterocycles. The van der Waals surface area contributed by atoms with E-state index in [1.807, 2.05) is 31.2 Å². The fourth-order valence-corrected chi connectivity index (χ4v) is 1.91. The highest BCUT2D eigenvalue weighted by Crippen LogP contribution is 2.19. The van der Waals surface area contributed by atoms with Gasteiger partial charge in [-0.3, -0.25) is 4.79 Å². The molecule has 0 fully saturated rings. The molecular weight excluding hydrogens is 257 g/mol. The minimum absolute atomic E-state index is 0.0437. The van der Waals surface area contributed by atoms with E-state index in [4.69, 9.17) is 4.74 Å². The third-order valence-corrected chi connectivity index (χ3v) is 3.06. The van der Waals surface area contributed by atoms with Crippen LogP contribution in [0.15, 0.2) is 48.5 Å². The number of rotatable bonds is 4. The zero-order valence-electron chi connectivity index (χ0n) is 11.4. The predicted octanol–water partition coefficient (Wildman–Crippen LogP) is 3.33. The molecule has 0 spiro atoms. The summed E-state index contributed by atoms with van der Waals surface area (Å²) in [5.74, 6) is -0.240. The molecule has 0 unspecified atom stereocenters. The molecule has 1 amide bonds. The first kappa shape index (κ1) is 14.1. The van der Waals surface area contributed by atoms with Crippen molar-refractivity contribution in [1.82, 2.24) is 5.32 Å². The van der Waals surface area contributed by atoms with Crippen LogP contribution in [0.25, 0.3) is 0 Å². The maximum atomic E-state index is 13.5. The van der Waals surface area contributed by atoms with Gasteiger partial charge in [0, 0.05) is 0 Å². The predicted molar refractivity (Wildman–Crippen MR) is 75.3 cm³/mol. The number of hydrogen-bond donors (Lipinski definition) is 1. The molecule has 3 nitrogen and oxygen atoms in total. The Kier molecular flexibility index (Phi) is 4.35. The molecule has 2 aromatic carbocycles. The summed E-state index contributed by atoms with van der Waals surface area (Å²) >= 11 is 0. The number of benzene rings is 2. The summed E-state index contributed by atoms with van der Waals surface area (Å²) in [7, 11) is 1.59. The van der Waals surface area contributed by atoms with Crippen LogP contribution in [0.4, 0.5) is 4.39 Å². The van der Waals surface area contributed by atoms with E-state index in [2.05, 4.69) is 5.32 Å². The largest absolute Gasteiger partial charge is 0.497 e. The summed E-state index contributed by atoms with van der Waals surface area (Å²) in [5.41, 5.74) is 0.941. The van der Waals surface area contributed by atoms with Crippen LogP contribution in [0.1, 0.15) is 28.9 Å². The van der Waals surface area contributed by atoms with Gasteiger partial charge >= 0.3 is 0 Å². The second-order valence-electron chi connectivity index (χ2n) is 4.45. The average molecular weight is 273 g/mol. The fraction of sp³-hybridized carbons (Fsp3) is 0.188. The van der Waals surface area contributed by atoms with E-state index in [1.54, 1.807) is 19.2 Å². The fourth-order valence-electron chi connectivity index (χ4n) is 1.91. The van der Waals surface area contributed by atoms with Gasteiger partial charge < -0.3 is 10.1 Å². The molecule has 0 saturated heterocycles. The highest BCUT2D eigenvalue weighted by molar-refractivity contribution is 5.94. The van der Waals surface area contributed by atoms with Crippen LogP contribution in [0.3, 0.4) is 0 Å². The summed E-state index contributed by atoms with van der Waals surface area (Å²) in [6.07, 6.45) is 0. The molecule has 20 heavy (non-hydrogen) atoms. The molecular formula is C16H16FNO2. The van der Waals surface area contributed by atoms with Gasteiger partial charge in [0.15, 0.2) is 0 Å². The van der Waals surface area contributed by atoms with E-state index >= 15 is 0 Å². The molecule has 0 bridgehead atoms. The Balaban J connectivity index is 2.13. The zero-order chi connectivity index (χ0) is 14.5. The number of nitrogens with one attached hydrogen (secondary N) is 1. The molecule has 1 atom stereocenters. The second kappa shape index (κ2) is 6.19. The highest BCUT2D eigenvalue weighted by Gasteiger charge is 2.14. The van der Waals surface area contributed by atoms with Crippen molar-refractivity contribution in [2.24, 2.45) is 0 Å². The van der Waals surface area contributed by atoms with Crippen LogP contribution in [0.2, 0.25) is 0 Å². The quantitative estimate of drug-likeness (QED) is 0.928. The number of amides is 1. The van der Waals surface area contributed by atoms with Gasteiger partial charge in [0.25, 0.3) is 5.91 Å². The van der Waals surface area contributed by atoms with E-state index in [0.29, 0.717) is 0 Å². The summed E-state index contributed by atoms with van der Waals surface area (Å²) < 4.78 is 18.7. The van der Waals surface area contributed by atoms with Crippen molar-refractivity contribution < 1.29 is 13.9 Å². The molecule has 0 heterocycles. The number of carbonyl (C=O) groups is 1. The molecule has 0 aliphatic rings. The average Bonchev–Trinajstić information content (AvgIpc) is 2.47. The third-order valence-electron chi connectivity index (χ3n) is 3.06. The van der Waals surface area contributed by atoms with Gasteiger partial charge in [0.1, 0.15) is 11.6 Å². The standard InChI is InChI=1S/C16H16FNO2/c1-11(12-6-5-7-13(10-12)20-2)18-16(19)14-8-3-4-9-15(14)17/h3-11H,1-2H3,(H,18,19)/t11-/m0/s1. The zero-order valence-corrected chi connectivity index (χ0v) is 11.4. The summed E-state index contributed by atoms with van der Waals surface area (Å²) in [4.78, 5) is 12.0. The van der Waals surface area contributed by atoms with Gasteiger partial charge in [-0.1, -0.05) is 24.3 Å². The number of carbonyl (C=O) groups excluding carboxylic acids is 1. The van der Waals surface area contributed by atoms with Crippen LogP contribution in [-0.4, -0.2) is 13.0 Å². The van der Waals surface area contributed by atoms with E-state index in [9.17, 15) is 9.18 Å². The lowest BCUT2D eigenvalue weighted by atomic mass is 10.1. The van der Waals surface area contributed by atoms with E-state index in [1.165, 1.54) is 12.1 Å². The third kappa shape index (κ3) is 3.15. The number of methoxy groups -OCH3 is 1. The van der Waals surface area contributed by atoms with Gasteiger partial charge in [-0.15, -0.1) is 0 Å². The number of ether oxygens (including phenoxy) is 1. The van der Waals surface area contributed by atoms with Crippen molar-refractivity contribution in [1.29, 1.82) is 0 Å². The first-order valence-electron chi connectivity index (χ1n) is 6.31. The molecule has 104 valence electrons. The Morgan fingerprint density at radius 1 is 1.20 bits per heavy atom. The molecule has 4 heteroatoms. The Morgan fingerprint density at radius 2 is 1.95 bits per heavy atom. The smallest absolute Gasteiger partial charge is 0.254 e. The van der Waals surface area contributed by atoms with Crippen molar-refractivity contribution >= 4 is 5.91 Å². The van der Waals surface area contributed by atoms with Crippen molar-refractivity contribution in [3.05, 3.63) is 65.5 Å². The lowest BCUT2D eigenvalue weighted by molar-refractivity contribution is 0.0935. The topological polar surface area (TPSA) is 38.3 Å². The number of halogens is 1. The molecule has 0 saturated carbocycles. The first-order chi connectivity index (χ1) is 9.61. The van der Waals surface area contributed by atoms with Crippen molar-refractivity contribution in [3.8, 4) is 5.75 Å². The van der Waals surface area contributed by atoms with Crippen LogP contribution in [0, 0.1) is 5.82 Å². The maximum absolute atomic E-state index is 13.5. The summed E-state index contributed by atoms with van der Waals surface area (Å²) in [5, 5.41) is 2.77. The lowest BCUT2D eigenvalue weighted by Crippen LogP contribution is -2.27. The maximum Gasteiger partial charge on any atom is 0.254 e. The lowest BCUT2D eigenvalue weighted by Gasteiger charge is -2.15. The van der Waals surface area contributed by atoms with Gasteiger partial charge in [0.2, 0.25) is 0 Å². The first-order valence-corrected chi connectivity index (χ1v) is 6.31. The van der Waals surface area contributed by atoms with E-state index in [-0.39, 0.29) is 11.6 Å². The summed E-state index contributed by atoms with van der Waals surface area (Å²) in [6, 6.07) is 13.1.